The van der Waals surface area contributed by atoms with Gasteiger partial charge < -0.3 is 19.8 Å². The molecule has 3 unspecified atom stereocenters. The fraction of sp³-hybridized carbons (Fsp3) is 0.441. The lowest BCUT2D eigenvalue weighted by Gasteiger charge is -2.40. The number of aliphatic hydroxyl groups is 1. The van der Waals surface area contributed by atoms with E-state index in [0.717, 1.165) is 17.5 Å². The largest absolute Gasteiger partial charge is 0.394 e. The number of carbonyl (C=O) groups excluding carboxylic acids is 3. The average Bonchev–Trinajstić information content (AvgIpc) is 3.60. The van der Waals surface area contributed by atoms with Crippen LogP contribution in [-0.4, -0.2) is 79.7 Å². The van der Waals surface area contributed by atoms with Gasteiger partial charge in [0.2, 0.25) is 11.8 Å². The average molecular weight is 701 g/mol. The summed E-state index contributed by atoms with van der Waals surface area (Å²) in [7, 11) is 0. The molecule has 3 aliphatic heterocycles. The Balaban J connectivity index is 1.69. The molecule has 44 heavy (non-hydrogen) atoms. The highest BCUT2D eigenvalue weighted by Crippen LogP contribution is 2.69. The molecular weight excluding hydrogens is 662 g/mol. The van der Waals surface area contributed by atoms with Gasteiger partial charge in [-0.1, -0.05) is 89.1 Å². The van der Waals surface area contributed by atoms with Gasteiger partial charge >= 0.3 is 0 Å². The number of thioether (sulfide) groups is 1. The predicted molar refractivity (Wildman–Crippen MR) is 181 cm³/mol. The molecule has 0 saturated carbocycles. The first-order chi connectivity index (χ1) is 21.2. The lowest BCUT2D eigenvalue weighted by Crippen LogP contribution is -2.56. The van der Waals surface area contributed by atoms with Crippen LogP contribution in [0.1, 0.15) is 36.9 Å². The molecule has 10 heteroatoms. The van der Waals surface area contributed by atoms with Crippen molar-refractivity contribution < 1.29 is 19.5 Å². The zero-order chi connectivity index (χ0) is 31.8. The van der Waals surface area contributed by atoms with Gasteiger partial charge in [0.15, 0.2) is 0 Å². The zero-order valence-corrected chi connectivity index (χ0v) is 28.2. The van der Waals surface area contributed by atoms with Crippen molar-refractivity contribution in [1.29, 1.82) is 0 Å². The summed E-state index contributed by atoms with van der Waals surface area (Å²) >= 11 is 12.2. The van der Waals surface area contributed by atoms with Crippen LogP contribution >= 0.6 is 39.3 Å². The molecule has 0 aromatic heterocycles. The van der Waals surface area contributed by atoms with Crippen molar-refractivity contribution in [3.63, 3.8) is 0 Å². The maximum Gasteiger partial charge on any atom is 0.251 e. The normalized spacial score (nSPS) is 27.6. The fourth-order valence-electron chi connectivity index (χ4n) is 7.46. The molecule has 1 spiro atoms. The number of nitrogens with zero attached hydrogens (tertiary/aromatic N) is 3. The molecule has 0 aliphatic carbocycles. The first-order valence-electron chi connectivity index (χ1n) is 15.0. The van der Waals surface area contributed by atoms with Crippen molar-refractivity contribution in [2.24, 2.45) is 11.8 Å². The highest BCUT2D eigenvalue weighted by atomic mass is 79.9. The Morgan fingerprint density at radius 1 is 1.16 bits per heavy atom. The molecule has 3 amide bonds. The molecule has 2 aromatic carbocycles. The van der Waals surface area contributed by atoms with Crippen LogP contribution in [0.15, 0.2) is 73.8 Å². The van der Waals surface area contributed by atoms with E-state index in [2.05, 4.69) is 29.1 Å². The van der Waals surface area contributed by atoms with Crippen LogP contribution in [0.3, 0.4) is 0 Å². The number of alkyl halides is 1. The Bertz CT molecular complexity index is 1420. The molecule has 234 valence electrons. The molecule has 3 fully saturated rings. The molecule has 0 radical (unpaired) electrons. The Kier molecular flexibility index (Phi) is 10.00. The highest BCUT2D eigenvalue weighted by molar-refractivity contribution is 9.09. The Hall–Kier alpha value is -2.59. The molecule has 3 saturated heterocycles. The summed E-state index contributed by atoms with van der Waals surface area (Å²) in [4.78, 5) is 49.1. The van der Waals surface area contributed by atoms with E-state index in [0.29, 0.717) is 30.2 Å². The minimum atomic E-state index is -0.958. The Morgan fingerprint density at radius 3 is 2.48 bits per heavy atom. The van der Waals surface area contributed by atoms with Gasteiger partial charge in [-0.05, 0) is 37.0 Å². The second kappa shape index (κ2) is 13.4. The Labute approximate surface area is 277 Å². The molecule has 2 bridgehead atoms. The van der Waals surface area contributed by atoms with Gasteiger partial charge in [-0.25, -0.2) is 0 Å². The lowest BCUT2D eigenvalue weighted by molar-refractivity contribution is -0.145. The standard InChI is InChI=1S/C34H39BrClN3O4S/c1-5-16-37(17-6-2)31(41)26-27-32(42)39(25(20-40)22-13-9-8-10-14-22)30(34(27)19-23(35)29(26)44-34)33(43)38(18-7-3)28-21(4)12-11-15-24(28)36/h5,7-15,23,25-27,29-30,40H,1,3,6,16-20H2,2,4H3/t23?,25-,26-,27+,29-,30?,34?/m1/s1. The van der Waals surface area contributed by atoms with Crippen LogP contribution in [0.25, 0.3) is 0 Å². The summed E-state index contributed by atoms with van der Waals surface area (Å²) in [5, 5.41) is 11.1. The summed E-state index contributed by atoms with van der Waals surface area (Å²) < 4.78 is -0.893. The summed E-state index contributed by atoms with van der Waals surface area (Å²) in [6.45, 7) is 12.4. The van der Waals surface area contributed by atoms with Gasteiger partial charge in [-0.2, -0.15) is 0 Å². The van der Waals surface area contributed by atoms with E-state index in [-0.39, 0.29) is 41.0 Å². The number of anilines is 1. The third kappa shape index (κ3) is 5.33. The van der Waals surface area contributed by atoms with Crippen LogP contribution < -0.4 is 4.90 Å². The highest BCUT2D eigenvalue weighted by Gasteiger charge is 2.76. The van der Waals surface area contributed by atoms with Crippen LogP contribution in [0.2, 0.25) is 5.02 Å². The Morgan fingerprint density at radius 2 is 1.86 bits per heavy atom. The maximum absolute atomic E-state index is 15.1. The van der Waals surface area contributed by atoms with E-state index in [1.807, 2.05) is 56.3 Å². The van der Waals surface area contributed by atoms with Crippen LogP contribution in [0.4, 0.5) is 5.69 Å². The van der Waals surface area contributed by atoms with E-state index in [1.54, 1.807) is 44.7 Å². The van der Waals surface area contributed by atoms with Crippen molar-refractivity contribution in [3.05, 3.63) is 90.0 Å². The molecule has 7 nitrogen and oxygen atoms in total. The number of hydrogen-bond donors (Lipinski definition) is 1. The number of carbonyl (C=O) groups is 3. The van der Waals surface area contributed by atoms with E-state index in [1.165, 1.54) is 0 Å². The third-order valence-corrected chi connectivity index (χ3v) is 12.7. The van der Waals surface area contributed by atoms with Crippen molar-refractivity contribution in [2.75, 3.05) is 31.1 Å². The number of aryl methyl sites for hydroxylation is 1. The van der Waals surface area contributed by atoms with Crippen LogP contribution in [-0.2, 0) is 14.4 Å². The first kappa shape index (κ1) is 32.8. The van der Waals surface area contributed by atoms with E-state index >= 15 is 4.79 Å². The van der Waals surface area contributed by atoms with Crippen molar-refractivity contribution in [1.82, 2.24) is 9.80 Å². The maximum atomic E-state index is 15.1. The second-order valence-corrected chi connectivity index (χ2v) is 14.9. The molecule has 1 N–H and O–H groups in total. The number of aliphatic hydroxyl groups excluding tert-OH is 1. The molecule has 2 aromatic rings. The predicted octanol–water partition coefficient (Wildman–Crippen LogP) is 5.79. The van der Waals surface area contributed by atoms with Gasteiger partial charge in [0.25, 0.3) is 5.91 Å². The van der Waals surface area contributed by atoms with Gasteiger partial charge in [0.05, 0.1) is 39.9 Å². The smallest absolute Gasteiger partial charge is 0.251 e. The first-order valence-corrected chi connectivity index (χ1v) is 17.2. The number of benzene rings is 2. The monoisotopic (exact) mass is 699 g/mol. The SMILES string of the molecule is C=CCN(CCC)C(=O)[C@H]1[C@@H]2SC3(CC2Br)C(C(=O)N(CC=C)c2c(C)cccc2Cl)N([C@H](CO)c2ccccc2)C(=O)[C@H]13. The zero-order valence-electron chi connectivity index (χ0n) is 25.1. The molecule has 7 atom stereocenters. The van der Waals surface area contributed by atoms with E-state index < -0.39 is 28.7 Å². The molecule has 5 rings (SSSR count). The summed E-state index contributed by atoms with van der Waals surface area (Å²) in [6.07, 6.45) is 4.66. The molecule has 3 aliphatic rings. The van der Waals surface area contributed by atoms with Crippen molar-refractivity contribution in [3.8, 4) is 0 Å². The number of rotatable bonds is 12. The second-order valence-electron chi connectivity index (χ2n) is 11.7. The third-order valence-electron chi connectivity index (χ3n) is 9.13. The number of likely N-dealkylation sites (tertiary alicyclic amines) is 1. The summed E-state index contributed by atoms with van der Waals surface area (Å²) in [5.74, 6) is -2.02. The topological polar surface area (TPSA) is 81.2 Å². The van der Waals surface area contributed by atoms with E-state index in [4.69, 9.17) is 11.6 Å². The minimum Gasteiger partial charge on any atom is -0.394 e. The number of halogens is 2. The number of amides is 3. The van der Waals surface area contributed by atoms with Gasteiger partial charge in [-0.15, -0.1) is 24.9 Å². The van der Waals surface area contributed by atoms with Crippen molar-refractivity contribution in [2.45, 2.75) is 53.6 Å². The van der Waals surface area contributed by atoms with Crippen LogP contribution in [0, 0.1) is 18.8 Å². The molecule has 3 heterocycles. The number of fused-ring (bicyclic) bond motifs is 1. The summed E-state index contributed by atoms with van der Waals surface area (Å²) in [6, 6.07) is 13.0. The van der Waals surface area contributed by atoms with Gasteiger partial charge in [0.1, 0.15) is 6.04 Å². The van der Waals surface area contributed by atoms with Gasteiger partial charge in [-0.3, -0.25) is 14.4 Å². The quantitative estimate of drug-likeness (QED) is 0.224. The molecular formula is C34H39BrClN3O4S. The van der Waals surface area contributed by atoms with Gasteiger partial charge in [0, 0.05) is 29.7 Å². The number of hydrogen-bond acceptors (Lipinski definition) is 5. The van der Waals surface area contributed by atoms with E-state index in [9.17, 15) is 14.7 Å². The fourth-order valence-corrected chi connectivity index (χ4v) is 11.4. The van der Waals surface area contributed by atoms with Crippen molar-refractivity contribution >= 4 is 62.7 Å². The lowest BCUT2D eigenvalue weighted by atomic mass is 9.70. The minimum absolute atomic E-state index is 0.0767. The summed E-state index contributed by atoms with van der Waals surface area (Å²) in [5.41, 5.74) is 2.10. The van der Waals surface area contributed by atoms with Crippen LogP contribution in [0.5, 0.6) is 0 Å². The number of para-hydroxylation sites is 1.